The molecule has 1 saturated heterocycles. The van der Waals surface area contributed by atoms with Crippen molar-refractivity contribution in [3.63, 3.8) is 0 Å². The lowest BCUT2D eigenvalue weighted by atomic mass is 9.86. The third-order valence-corrected chi connectivity index (χ3v) is 3.74. The van der Waals surface area contributed by atoms with Gasteiger partial charge in [0.05, 0.1) is 25.9 Å². The van der Waals surface area contributed by atoms with Crippen LogP contribution in [0.4, 0.5) is 0 Å². The number of hydrogen-bond acceptors (Lipinski definition) is 5. The van der Waals surface area contributed by atoms with Crippen molar-refractivity contribution in [1.82, 2.24) is 0 Å². The normalized spacial score (nSPS) is 42.4. The van der Waals surface area contributed by atoms with E-state index in [1.54, 1.807) is 6.08 Å². The summed E-state index contributed by atoms with van der Waals surface area (Å²) in [5.41, 5.74) is -0.384. The molecule has 0 aromatic rings. The van der Waals surface area contributed by atoms with Crippen molar-refractivity contribution < 1.29 is 23.8 Å². The minimum Gasteiger partial charge on any atom is -0.468 e. The Labute approximate surface area is 92.3 Å². The third-order valence-electron chi connectivity index (χ3n) is 3.74. The van der Waals surface area contributed by atoms with Crippen LogP contribution in [-0.2, 0) is 23.8 Å². The first-order valence-electron chi connectivity index (χ1n) is 5.19. The van der Waals surface area contributed by atoms with Gasteiger partial charge in [0.25, 0.3) is 0 Å². The highest BCUT2D eigenvalue weighted by Crippen LogP contribution is 2.67. The summed E-state index contributed by atoms with van der Waals surface area (Å²) >= 11 is 0. The standard InChI is InChI=1S/C11H12O5/c1-14-9(12)5-3-7-8(16-7)6-4-11(5,6)10(13)15-2/h3,6-8H,4H2,1-2H3/t6-,7-,8+,11-/m0/s1. The second-order valence-corrected chi connectivity index (χ2v) is 4.41. The topological polar surface area (TPSA) is 65.1 Å². The molecule has 5 nitrogen and oxygen atoms in total. The molecule has 0 radical (unpaired) electrons. The average Bonchev–Trinajstić information content (AvgIpc) is 3.14. The minimum atomic E-state index is -0.792. The molecule has 4 atom stereocenters. The van der Waals surface area contributed by atoms with E-state index >= 15 is 0 Å². The first-order chi connectivity index (χ1) is 7.65. The van der Waals surface area contributed by atoms with Gasteiger partial charge in [0.1, 0.15) is 11.5 Å². The minimum absolute atomic E-state index is 0.0145. The Morgan fingerprint density at radius 2 is 2.19 bits per heavy atom. The predicted octanol–water partition coefficient (Wildman–Crippen LogP) is 0.0461. The molecule has 0 bridgehead atoms. The van der Waals surface area contributed by atoms with Crippen molar-refractivity contribution in [2.24, 2.45) is 11.3 Å². The summed E-state index contributed by atoms with van der Waals surface area (Å²) < 4.78 is 14.9. The highest BCUT2D eigenvalue weighted by atomic mass is 16.6. The van der Waals surface area contributed by atoms with Crippen molar-refractivity contribution in [2.45, 2.75) is 18.6 Å². The van der Waals surface area contributed by atoms with Crippen LogP contribution in [0.5, 0.6) is 0 Å². The lowest BCUT2D eigenvalue weighted by molar-refractivity contribution is -0.149. The molecule has 0 aromatic heterocycles. The molecule has 3 aliphatic rings. The monoisotopic (exact) mass is 224 g/mol. The van der Waals surface area contributed by atoms with Crippen molar-refractivity contribution in [1.29, 1.82) is 0 Å². The van der Waals surface area contributed by atoms with Gasteiger partial charge in [-0.15, -0.1) is 0 Å². The van der Waals surface area contributed by atoms with Crippen molar-refractivity contribution in [3.05, 3.63) is 11.6 Å². The molecular formula is C11H12O5. The SMILES string of the molecule is COC(=O)C1=C[C@@H]2O[C@@H]2[C@@H]2C[C@]12C(=O)OC. The number of ether oxygens (including phenoxy) is 3. The zero-order chi connectivity index (χ0) is 11.5. The molecule has 3 rings (SSSR count). The van der Waals surface area contributed by atoms with Crippen molar-refractivity contribution in [2.75, 3.05) is 14.2 Å². The van der Waals surface area contributed by atoms with E-state index in [2.05, 4.69) is 0 Å². The van der Waals surface area contributed by atoms with Gasteiger partial charge >= 0.3 is 11.9 Å². The van der Waals surface area contributed by atoms with Gasteiger partial charge < -0.3 is 14.2 Å². The molecule has 0 spiro atoms. The number of carbonyl (C=O) groups excluding carboxylic acids is 2. The zero-order valence-electron chi connectivity index (χ0n) is 9.06. The lowest BCUT2D eigenvalue weighted by Gasteiger charge is -2.18. The Bertz CT molecular complexity index is 413. The highest BCUT2D eigenvalue weighted by molar-refractivity contribution is 6.01. The third kappa shape index (κ3) is 0.988. The van der Waals surface area contributed by atoms with E-state index in [4.69, 9.17) is 14.2 Å². The summed E-state index contributed by atoms with van der Waals surface area (Å²) in [6.45, 7) is 0. The molecular weight excluding hydrogens is 212 g/mol. The van der Waals surface area contributed by atoms with Crippen molar-refractivity contribution in [3.8, 4) is 0 Å². The number of methoxy groups -OCH3 is 2. The summed E-state index contributed by atoms with van der Waals surface area (Å²) in [5, 5.41) is 0. The molecule has 1 saturated carbocycles. The maximum absolute atomic E-state index is 11.8. The molecule has 1 aliphatic heterocycles. The zero-order valence-corrected chi connectivity index (χ0v) is 9.06. The summed E-state index contributed by atoms with van der Waals surface area (Å²) in [6, 6.07) is 0. The van der Waals surface area contributed by atoms with E-state index in [1.807, 2.05) is 0 Å². The van der Waals surface area contributed by atoms with Crippen LogP contribution in [0, 0.1) is 11.3 Å². The van der Waals surface area contributed by atoms with Crippen molar-refractivity contribution >= 4 is 11.9 Å². The molecule has 86 valence electrons. The fourth-order valence-electron chi connectivity index (χ4n) is 2.79. The van der Waals surface area contributed by atoms with Gasteiger partial charge in [-0.1, -0.05) is 0 Å². The Kier molecular flexibility index (Phi) is 1.75. The number of esters is 2. The van der Waals surface area contributed by atoms with Gasteiger partial charge in [0, 0.05) is 5.92 Å². The summed E-state index contributed by atoms with van der Waals surface area (Å²) in [5.74, 6) is -0.728. The number of epoxide rings is 1. The van der Waals surface area contributed by atoms with Crippen LogP contribution >= 0.6 is 0 Å². The smallest absolute Gasteiger partial charge is 0.334 e. The van der Waals surface area contributed by atoms with Gasteiger partial charge in [-0.2, -0.15) is 0 Å². The Morgan fingerprint density at radius 1 is 1.44 bits per heavy atom. The fourth-order valence-corrected chi connectivity index (χ4v) is 2.79. The summed E-state index contributed by atoms with van der Waals surface area (Å²) in [7, 11) is 2.65. The molecule has 0 N–H and O–H groups in total. The van der Waals surface area contributed by atoms with Crippen LogP contribution < -0.4 is 0 Å². The summed E-state index contributed by atoms with van der Waals surface area (Å²) in [4.78, 5) is 23.4. The first kappa shape index (κ1) is 9.84. The van der Waals surface area contributed by atoms with Gasteiger partial charge in [-0.25, -0.2) is 4.79 Å². The maximum atomic E-state index is 11.8. The Hall–Kier alpha value is -1.36. The van der Waals surface area contributed by atoms with E-state index in [1.165, 1.54) is 14.2 Å². The van der Waals surface area contributed by atoms with Gasteiger partial charge in [0.2, 0.25) is 0 Å². The first-order valence-corrected chi connectivity index (χ1v) is 5.19. The van der Waals surface area contributed by atoms with Crippen LogP contribution in [0.1, 0.15) is 6.42 Å². The second-order valence-electron chi connectivity index (χ2n) is 4.41. The van der Waals surface area contributed by atoms with E-state index in [9.17, 15) is 9.59 Å². The lowest BCUT2D eigenvalue weighted by Crippen LogP contribution is -2.31. The van der Waals surface area contributed by atoms with Crippen LogP contribution in [0.15, 0.2) is 11.6 Å². The summed E-state index contributed by atoms with van der Waals surface area (Å²) in [6.07, 6.45) is 2.41. The van der Waals surface area contributed by atoms with E-state index in [0.29, 0.717) is 12.0 Å². The van der Waals surface area contributed by atoms with Gasteiger partial charge in [-0.05, 0) is 12.5 Å². The molecule has 16 heavy (non-hydrogen) atoms. The second kappa shape index (κ2) is 2.85. The number of carbonyl (C=O) groups is 2. The number of rotatable bonds is 2. The van der Waals surface area contributed by atoms with Crippen LogP contribution in [-0.4, -0.2) is 38.4 Å². The molecule has 2 fully saturated rings. The number of hydrogen-bond donors (Lipinski definition) is 0. The average molecular weight is 224 g/mol. The Balaban J connectivity index is 2.00. The number of fused-ring (bicyclic) bond motifs is 3. The van der Waals surface area contributed by atoms with E-state index < -0.39 is 11.4 Å². The molecule has 0 amide bonds. The fraction of sp³-hybridized carbons (Fsp3) is 0.636. The van der Waals surface area contributed by atoms with Gasteiger partial charge in [0.15, 0.2) is 0 Å². The molecule has 1 heterocycles. The van der Waals surface area contributed by atoms with Crippen LogP contribution in [0.2, 0.25) is 0 Å². The largest absolute Gasteiger partial charge is 0.468 e. The Morgan fingerprint density at radius 3 is 2.81 bits per heavy atom. The quantitative estimate of drug-likeness (QED) is 0.489. The highest BCUT2D eigenvalue weighted by Gasteiger charge is 2.75. The molecule has 0 aromatic carbocycles. The predicted molar refractivity (Wildman–Crippen MR) is 51.3 cm³/mol. The van der Waals surface area contributed by atoms with E-state index in [-0.39, 0.29) is 24.1 Å². The molecule has 0 unspecified atom stereocenters. The van der Waals surface area contributed by atoms with Crippen LogP contribution in [0.25, 0.3) is 0 Å². The van der Waals surface area contributed by atoms with Gasteiger partial charge in [-0.3, -0.25) is 4.79 Å². The van der Waals surface area contributed by atoms with E-state index in [0.717, 1.165) is 0 Å². The van der Waals surface area contributed by atoms with Crippen LogP contribution in [0.3, 0.4) is 0 Å². The maximum Gasteiger partial charge on any atom is 0.334 e. The molecule has 2 aliphatic carbocycles. The molecule has 5 heteroatoms.